The van der Waals surface area contributed by atoms with Crippen molar-refractivity contribution in [2.24, 2.45) is 17.8 Å². The van der Waals surface area contributed by atoms with Gasteiger partial charge in [0.2, 0.25) is 0 Å². The Hall–Kier alpha value is -2.25. The van der Waals surface area contributed by atoms with Gasteiger partial charge in [0.15, 0.2) is 11.6 Å². The van der Waals surface area contributed by atoms with Crippen LogP contribution >= 0.6 is 0 Å². The lowest BCUT2D eigenvalue weighted by atomic mass is 9.69. The van der Waals surface area contributed by atoms with Gasteiger partial charge >= 0.3 is 5.97 Å². The van der Waals surface area contributed by atoms with Gasteiger partial charge in [-0.15, -0.1) is 0 Å². The van der Waals surface area contributed by atoms with Crippen molar-refractivity contribution in [2.75, 3.05) is 13.2 Å². The zero-order valence-electron chi connectivity index (χ0n) is 29.7. The molecule has 2 aromatic rings. The molecule has 0 spiro atoms. The first-order chi connectivity index (χ1) is 22.6. The Morgan fingerprint density at radius 2 is 1.57 bits per heavy atom. The normalized spacial score (nSPS) is 22.0. The van der Waals surface area contributed by atoms with Crippen molar-refractivity contribution in [1.29, 1.82) is 0 Å². The number of hydrogen-bond donors (Lipinski definition) is 1. The Balaban J connectivity index is 1.40. The summed E-state index contributed by atoms with van der Waals surface area (Å²) in [4.78, 5) is 12.2. The minimum absolute atomic E-state index is 0.0115. The van der Waals surface area contributed by atoms with Crippen LogP contribution in [0.5, 0.6) is 5.75 Å². The summed E-state index contributed by atoms with van der Waals surface area (Å²) >= 11 is 0. The zero-order chi connectivity index (χ0) is 34.0. The highest BCUT2D eigenvalue weighted by molar-refractivity contribution is 6.78. The molecule has 0 radical (unpaired) electrons. The van der Waals surface area contributed by atoms with Gasteiger partial charge < -0.3 is 14.6 Å². The molecule has 1 N–H and O–H groups in total. The summed E-state index contributed by atoms with van der Waals surface area (Å²) in [6, 6.07) is 10.2. The van der Waals surface area contributed by atoms with Gasteiger partial charge in [-0.1, -0.05) is 96.6 Å². The number of benzene rings is 2. The number of aliphatic hydroxyl groups excluding tert-OH is 1. The van der Waals surface area contributed by atoms with Crippen molar-refractivity contribution in [2.45, 2.75) is 141 Å². The second-order valence-corrected chi connectivity index (χ2v) is 20.7. The van der Waals surface area contributed by atoms with E-state index >= 15 is 8.78 Å². The number of esters is 1. The van der Waals surface area contributed by atoms with Crippen LogP contribution in [0.15, 0.2) is 30.3 Å². The van der Waals surface area contributed by atoms with E-state index < -0.39 is 19.7 Å². The highest BCUT2D eigenvalue weighted by Crippen LogP contribution is 2.48. The molecule has 4 rings (SSSR count). The zero-order valence-corrected chi connectivity index (χ0v) is 30.7. The molecule has 0 heterocycles. The van der Waals surface area contributed by atoms with Gasteiger partial charge in [0.25, 0.3) is 0 Å². The van der Waals surface area contributed by atoms with E-state index in [2.05, 4.69) is 20.0 Å². The number of ether oxygens (including phenoxy) is 2. The average Bonchev–Trinajstić information content (AvgIpc) is 3.08. The maximum absolute atomic E-state index is 15.7. The molecule has 2 fully saturated rings. The standard InChI is InChI=1S/C40H60F2O4Si/c1-6-7-25-47(4,5)34-18-15-30(16-19-34)29-11-13-31(14-12-29)35-20-21-36(39(42)38(35)41)32-17-22-37(45-24-10-8-9-23-43)33(26-32)27-46-40(44)28(2)3/h17,20-22,26,28-31,34,43H,6-16,18-19,23-25,27H2,1-5H3. The van der Waals surface area contributed by atoms with Crippen molar-refractivity contribution < 1.29 is 28.2 Å². The van der Waals surface area contributed by atoms with Gasteiger partial charge in [0, 0.05) is 17.7 Å². The molecule has 0 aromatic heterocycles. The summed E-state index contributed by atoms with van der Waals surface area (Å²) in [5.41, 5.74) is 2.81. The van der Waals surface area contributed by atoms with Crippen LogP contribution in [-0.4, -0.2) is 32.4 Å². The highest BCUT2D eigenvalue weighted by atomic mass is 28.3. The van der Waals surface area contributed by atoms with E-state index in [1.807, 2.05) is 0 Å². The van der Waals surface area contributed by atoms with Crippen LogP contribution in [0.1, 0.15) is 121 Å². The summed E-state index contributed by atoms with van der Waals surface area (Å²) in [6.07, 6.45) is 14.6. The molecule has 2 aliphatic rings. The molecule has 0 saturated heterocycles. The average molecular weight is 671 g/mol. The first-order valence-electron chi connectivity index (χ1n) is 18.6. The van der Waals surface area contributed by atoms with Gasteiger partial charge in [-0.2, -0.15) is 0 Å². The van der Waals surface area contributed by atoms with Crippen molar-refractivity contribution in [3.63, 3.8) is 0 Å². The molecule has 0 amide bonds. The smallest absolute Gasteiger partial charge is 0.308 e. The van der Waals surface area contributed by atoms with Crippen LogP contribution < -0.4 is 4.74 Å². The molecule has 47 heavy (non-hydrogen) atoms. The van der Waals surface area contributed by atoms with Crippen molar-refractivity contribution >= 4 is 14.0 Å². The Labute approximate surface area is 284 Å². The molecule has 0 bridgehead atoms. The molecule has 262 valence electrons. The molecule has 2 saturated carbocycles. The second-order valence-electron chi connectivity index (χ2n) is 15.4. The number of rotatable bonds is 16. The monoisotopic (exact) mass is 670 g/mol. The molecule has 0 aliphatic heterocycles. The highest BCUT2D eigenvalue weighted by Gasteiger charge is 2.37. The van der Waals surface area contributed by atoms with Crippen molar-refractivity contribution in [3.05, 3.63) is 53.1 Å². The van der Waals surface area contributed by atoms with Crippen LogP contribution in [0.3, 0.4) is 0 Å². The number of unbranched alkanes of at least 4 members (excludes halogenated alkanes) is 3. The van der Waals surface area contributed by atoms with E-state index in [9.17, 15) is 4.79 Å². The third kappa shape index (κ3) is 10.1. The van der Waals surface area contributed by atoms with E-state index in [-0.39, 0.29) is 36.6 Å². The molecule has 2 aliphatic carbocycles. The minimum Gasteiger partial charge on any atom is -0.493 e. The van der Waals surface area contributed by atoms with E-state index in [1.165, 1.54) is 44.6 Å². The van der Waals surface area contributed by atoms with Gasteiger partial charge in [0.1, 0.15) is 12.4 Å². The molecule has 7 heteroatoms. The Morgan fingerprint density at radius 3 is 2.21 bits per heavy atom. The van der Waals surface area contributed by atoms with Crippen molar-refractivity contribution in [3.8, 4) is 16.9 Å². The van der Waals surface area contributed by atoms with Crippen LogP contribution in [0.2, 0.25) is 24.7 Å². The maximum Gasteiger partial charge on any atom is 0.308 e. The lowest BCUT2D eigenvalue weighted by Crippen LogP contribution is -2.36. The second kappa shape index (κ2) is 17.9. The van der Waals surface area contributed by atoms with E-state index in [4.69, 9.17) is 14.6 Å². The van der Waals surface area contributed by atoms with Crippen LogP contribution in [0.25, 0.3) is 11.1 Å². The predicted molar refractivity (Wildman–Crippen MR) is 190 cm³/mol. The van der Waals surface area contributed by atoms with Crippen LogP contribution in [-0.2, 0) is 16.1 Å². The largest absolute Gasteiger partial charge is 0.493 e. The number of carbonyl (C=O) groups excluding carboxylic acids is 1. The predicted octanol–water partition coefficient (Wildman–Crippen LogP) is 11.2. The van der Waals surface area contributed by atoms with Gasteiger partial charge in [-0.25, -0.2) is 8.78 Å². The van der Waals surface area contributed by atoms with Crippen LogP contribution in [0, 0.1) is 29.4 Å². The lowest BCUT2D eigenvalue weighted by molar-refractivity contribution is -0.148. The Morgan fingerprint density at radius 1 is 0.894 bits per heavy atom. The number of halogens is 2. The van der Waals surface area contributed by atoms with Gasteiger partial charge in [-0.05, 0) is 91.5 Å². The fraction of sp³-hybridized carbons (Fsp3) is 0.675. The quantitative estimate of drug-likeness (QED) is 0.110. The molecule has 4 nitrogen and oxygen atoms in total. The summed E-state index contributed by atoms with van der Waals surface area (Å²) in [7, 11) is -1.14. The first kappa shape index (κ1) is 37.6. The lowest BCUT2D eigenvalue weighted by Gasteiger charge is -2.42. The maximum atomic E-state index is 15.7. The van der Waals surface area contributed by atoms with Gasteiger partial charge in [-0.3, -0.25) is 4.79 Å². The van der Waals surface area contributed by atoms with Crippen molar-refractivity contribution in [1.82, 2.24) is 0 Å². The summed E-state index contributed by atoms with van der Waals surface area (Å²) in [6.45, 7) is 11.6. The summed E-state index contributed by atoms with van der Waals surface area (Å²) < 4.78 is 42.9. The third-order valence-electron chi connectivity index (χ3n) is 11.3. The summed E-state index contributed by atoms with van der Waals surface area (Å²) in [5, 5.41) is 9.03. The molecule has 0 atom stereocenters. The Bertz CT molecular complexity index is 1280. The Kier molecular flexibility index (Phi) is 14.3. The van der Waals surface area contributed by atoms with E-state index in [0.717, 1.165) is 55.9 Å². The summed E-state index contributed by atoms with van der Waals surface area (Å²) in [5.74, 6) is -0.0328. The topological polar surface area (TPSA) is 55.8 Å². The number of aliphatic hydroxyl groups is 1. The molecular formula is C40H60F2O4Si. The fourth-order valence-electron chi connectivity index (χ4n) is 8.10. The van der Waals surface area contributed by atoms with Gasteiger partial charge in [0.05, 0.1) is 20.6 Å². The molecule has 2 aromatic carbocycles. The SMILES string of the molecule is CCCC[Si](C)(C)C1CCC(C2CCC(c3ccc(-c4ccc(OCCCCCO)c(COC(=O)C(C)C)c4)c(F)c3F)CC2)CC1. The molecular weight excluding hydrogens is 611 g/mol. The fourth-order valence-corrected chi connectivity index (χ4v) is 11.7. The third-order valence-corrected chi connectivity index (χ3v) is 15.7. The number of hydrogen-bond acceptors (Lipinski definition) is 4. The van der Waals surface area contributed by atoms with Crippen LogP contribution in [0.4, 0.5) is 8.78 Å². The van der Waals surface area contributed by atoms with E-state index in [0.29, 0.717) is 35.5 Å². The number of carbonyl (C=O) groups is 1. The first-order valence-corrected chi connectivity index (χ1v) is 21.9. The minimum atomic E-state index is -1.14. The molecule has 0 unspecified atom stereocenters. The van der Waals surface area contributed by atoms with E-state index in [1.54, 1.807) is 44.2 Å².